The van der Waals surface area contributed by atoms with Gasteiger partial charge in [-0.25, -0.2) is 4.39 Å². The van der Waals surface area contributed by atoms with Crippen molar-refractivity contribution in [1.82, 2.24) is 0 Å². The molecule has 0 aromatic heterocycles. The molecule has 8 heteroatoms. The van der Waals surface area contributed by atoms with Gasteiger partial charge < -0.3 is 11.1 Å². The molecular weight excluding hydrogens is 278 g/mol. The molecule has 1 rings (SSSR count). The third kappa shape index (κ3) is 3.71. The monoisotopic (exact) mass is 287 g/mol. The Morgan fingerprint density at radius 3 is 2.55 bits per heavy atom. The number of nitrogens with one attached hydrogen (secondary N) is 1. The summed E-state index contributed by atoms with van der Waals surface area (Å²) in [4.78, 5) is 11.3. The number of halogens is 4. The lowest BCUT2D eigenvalue weighted by molar-refractivity contribution is -0.113. The Balaban J connectivity index is 2.99. The van der Waals surface area contributed by atoms with E-state index in [1.54, 1.807) is 6.07 Å². The molecule has 0 bridgehead atoms. The number of anilines is 1. The quantitative estimate of drug-likeness (QED) is 0.647. The van der Waals surface area contributed by atoms with Crippen molar-refractivity contribution < 1.29 is 22.4 Å². The second-order valence-corrected chi connectivity index (χ2v) is 3.85. The fraction of sp³-hybridized carbons (Fsp3) is 0.167. The Hall–Kier alpha value is -2.56. The molecule has 0 fully saturated rings. The third-order valence-corrected chi connectivity index (χ3v) is 2.31. The van der Waals surface area contributed by atoms with Crippen LogP contribution in [0.15, 0.2) is 23.9 Å². The molecule has 1 aromatic rings. The molecule has 4 nitrogen and oxygen atoms in total. The average molecular weight is 287 g/mol. The number of amides is 1. The minimum atomic E-state index is -4.84. The van der Waals surface area contributed by atoms with Crippen LogP contribution in [-0.2, 0) is 4.79 Å². The Labute approximate surface area is 111 Å². The molecule has 0 spiro atoms. The summed E-state index contributed by atoms with van der Waals surface area (Å²) in [5.74, 6) is -2.15. The van der Waals surface area contributed by atoms with E-state index >= 15 is 0 Å². The summed E-state index contributed by atoms with van der Waals surface area (Å²) in [6, 6.07) is 3.75. The van der Waals surface area contributed by atoms with E-state index < -0.39 is 23.6 Å². The highest BCUT2D eigenvalue weighted by Crippen LogP contribution is 2.22. The molecule has 1 aromatic carbocycles. The van der Waals surface area contributed by atoms with Gasteiger partial charge in [-0.05, 0) is 24.6 Å². The normalized spacial score (nSPS) is 11.9. The van der Waals surface area contributed by atoms with Crippen LogP contribution in [0.25, 0.3) is 0 Å². The molecule has 0 aliphatic heterocycles. The van der Waals surface area contributed by atoms with Gasteiger partial charge in [-0.1, -0.05) is 0 Å². The number of aryl methyl sites for hydroxylation is 1. The summed E-state index contributed by atoms with van der Waals surface area (Å²) >= 11 is 0. The topological polar surface area (TPSA) is 78.9 Å². The van der Waals surface area contributed by atoms with Crippen molar-refractivity contribution >= 4 is 11.6 Å². The van der Waals surface area contributed by atoms with Gasteiger partial charge in [-0.3, -0.25) is 4.79 Å². The van der Waals surface area contributed by atoms with Crippen molar-refractivity contribution in [2.24, 2.45) is 5.73 Å². The van der Waals surface area contributed by atoms with Gasteiger partial charge >= 0.3 is 6.18 Å². The standard InChI is InChI=1S/C12H9F4N3O/c1-6-2-9(8(13)3-7(6)5-17)19-11(20)4-10(18)12(14,15)16/h2-4H,18H2,1H3,(H,19,20)/b10-4-. The van der Waals surface area contributed by atoms with Gasteiger partial charge in [0.1, 0.15) is 11.5 Å². The van der Waals surface area contributed by atoms with E-state index in [1.807, 2.05) is 5.32 Å². The van der Waals surface area contributed by atoms with Crippen LogP contribution < -0.4 is 11.1 Å². The van der Waals surface area contributed by atoms with E-state index in [9.17, 15) is 22.4 Å². The maximum absolute atomic E-state index is 13.5. The number of rotatable bonds is 2. The summed E-state index contributed by atoms with van der Waals surface area (Å²) in [6.45, 7) is 1.49. The maximum Gasteiger partial charge on any atom is 0.430 e. The number of nitrogens with zero attached hydrogens (tertiary/aromatic N) is 1. The van der Waals surface area contributed by atoms with Crippen LogP contribution >= 0.6 is 0 Å². The van der Waals surface area contributed by atoms with Gasteiger partial charge in [0.15, 0.2) is 0 Å². The minimum Gasteiger partial charge on any atom is -0.395 e. The minimum absolute atomic E-state index is 0.0610. The van der Waals surface area contributed by atoms with Gasteiger partial charge in [0.05, 0.1) is 17.3 Å². The predicted molar refractivity (Wildman–Crippen MR) is 62.8 cm³/mol. The first-order valence-corrected chi connectivity index (χ1v) is 5.20. The number of benzene rings is 1. The number of alkyl halides is 3. The van der Waals surface area contributed by atoms with E-state index in [0.29, 0.717) is 5.56 Å². The van der Waals surface area contributed by atoms with Gasteiger partial charge in [-0.15, -0.1) is 0 Å². The largest absolute Gasteiger partial charge is 0.430 e. The van der Waals surface area contributed by atoms with Crippen LogP contribution in [0.3, 0.4) is 0 Å². The Morgan fingerprint density at radius 1 is 1.45 bits per heavy atom. The molecule has 1 amide bonds. The van der Waals surface area contributed by atoms with Crippen LogP contribution in [0.5, 0.6) is 0 Å². The van der Waals surface area contributed by atoms with Crippen molar-refractivity contribution in [1.29, 1.82) is 5.26 Å². The molecule has 0 aliphatic carbocycles. The molecule has 20 heavy (non-hydrogen) atoms. The summed E-state index contributed by atoms with van der Waals surface area (Å²) in [5.41, 5.74) is 3.16. The molecule has 0 radical (unpaired) electrons. The van der Waals surface area contributed by atoms with Crippen molar-refractivity contribution in [3.05, 3.63) is 40.8 Å². The van der Waals surface area contributed by atoms with Gasteiger partial charge in [0.2, 0.25) is 0 Å². The van der Waals surface area contributed by atoms with Crippen LogP contribution in [0, 0.1) is 24.1 Å². The van der Waals surface area contributed by atoms with Gasteiger partial charge in [0, 0.05) is 6.08 Å². The number of hydrogen-bond donors (Lipinski definition) is 2. The zero-order valence-corrected chi connectivity index (χ0v) is 10.2. The van der Waals surface area contributed by atoms with Crippen molar-refractivity contribution in [3.63, 3.8) is 0 Å². The molecule has 0 saturated carbocycles. The van der Waals surface area contributed by atoms with Gasteiger partial charge in [0.25, 0.3) is 5.91 Å². The number of carbonyl (C=O) groups is 1. The first-order chi connectivity index (χ1) is 9.15. The average Bonchev–Trinajstić information content (AvgIpc) is 2.32. The summed E-state index contributed by atoms with van der Waals surface area (Å²) in [6.07, 6.45) is -4.72. The Bertz CT molecular complexity index is 614. The van der Waals surface area contributed by atoms with Crippen molar-refractivity contribution in [2.75, 3.05) is 5.32 Å². The van der Waals surface area contributed by atoms with E-state index in [4.69, 9.17) is 5.26 Å². The fourth-order valence-electron chi connectivity index (χ4n) is 1.29. The molecule has 3 N–H and O–H groups in total. The number of carbonyl (C=O) groups excluding carboxylic acids is 1. The summed E-state index contributed by atoms with van der Waals surface area (Å²) in [5, 5.41) is 10.6. The van der Waals surface area contributed by atoms with Gasteiger partial charge in [-0.2, -0.15) is 18.4 Å². The van der Waals surface area contributed by atoms with Crippen molar-refractivity contribution in [3.8, 4) is 6.07 Å². The first kappa shape index (κ1) is 15.5. The van der Waals surface area contributed by atoms with E-state index in [0.717, 1.165) is 12.1 Å². The molecular formula is C12H9F4N3O. The van der Waals surface area contributed by atoms with Crippen LogP contribution in [0.2, 0.25) is 0 Å². The zero-order valence-electron chi connectivity index (χ0n) is 10.2. The predicted octanol–water partition coefficient (Wildman–Crippen LogP) is 2.35. The molecule has 0 aliphatic rings. The molecule has 0 heterocycles. The highest BCUT2D eigenvalue weighted by Gasteiger charge is 2.32. The number of nitriles is 1. The maximum atomic E-state index is 13.5. The van der Waals surface area contributed by atoms with Crippen LogP contribution in [0.4, 0.5) is 23.2 Å². The highest BCUT2D eigenvalue weighted by molar-refractivity contribution is 6.00. The lowest BCUT2D eigenvalue weighted by Gasteiger charge is -2.08. The summed E-state index contributed by atoms with van der Waals surface area (Å²) in [7, 11) is 0. The number of nitrogens with two attached hydrogens (primary N) is 1. The molecule has 0 unspecified atom stereocenters. The zero-order chi connectivity index (χ0) is 15.5. The molecule has 106 valence electrons. The fourth-order valence-corrected chi connectivity index (χ4v) is 1.29. The highest BCUT2D eigenvalue weighted by atomic mass is 19.4. The third-order valence-electron chi connectivity index (χ3n) is 2.31. The Kier molecular flexibility index (Phi) is 4.34. The van der Waals surface area contributed by atoms with E-state index in [1.165, 1.54) is 6.92 Å². The Morgan fingerprint density at radius 2 is 2.05 bits per heavy atom. The van der Waals surface area contributed by atoms with E-state index in [2.05, 4.69) is 5.73 Å². The second-order valence-electron chi connectivity index (χ2n) is 3.85. The second kappa shape index (κ2) is 5.61. The van der Waals surface area contributed by atoms with Crippen molar-refractivity contribution in [2.45, 2.75) is 13.1 Å². The SMILES string of the molecule is Cc1cc(NC(=O)/C=C(\N)C(F)(F)F)c(F)cc1C#N. The van der Waals surface area contributed by atoms with Crippen LogP contribution in [0.1, 0.15) is 11.1 Å². The number of allylic oxidation sites excluding steroid dienone is 1. The van der Waals surface area contributed by atoms with Crippen LogP contribution in [-0.4, -0.2) is 12.1 Å². The molecule has 0 atom stereocenters. The van der Waals surface area contributed by atoms with E-state index in [-0.39, 0.29) is 17.3 Å². The lowest BCUT2D eigenvalue weighted by Crippen LogP contribution is -2.22. The first-order valence-electron chi connectivity index (χ1n) is 5.20. The number of hydrogen-bond acceptors (Lipinski definition) is 3. The summed E-state index contributed by atoms with van der Waals surface area (Å²) < 4.78 is 49.8. The lowest BCUT2D eigenvalue weighted by atomic mass is 10.1. The molecule has 0 saturated heterocycles. The smallest absolute Gasteiger partial charge is 0.395 e.